The highest BCUT2D eigenvalue weighted by Crippen LogP contribution is 2.43. The summed E-state index contributed by atoms with van der Waals surface area (Å²) >= 11 is 0. The summed E-state index contributed by atoms with van der Waals surface area (Å²) < 4.78 is 18.0. The second-order valence-corrected chi connectivity index (χ2v) is 10.3. The number of ether oxygens (including phenoxy) is 2. The molecule has 9 heteroatoms. The first kappa shape index (κ1) is 26.2. The van der Waals surface area contributed by atoms with E-state index in [1.54, 1.807) is 20.4 Å². The smallest absolute Gasteiger partial charge is 0.313 e. The third-order valence-electron chi connectivity index (χ3n) is 8.00. The van der Waals surface area contributed by atoms with Crippen molar-refractivity contribution < 1.29 is 23.5 Å². The van der Waals surface area contributed by atoms with Crippen molar-refractivity contribution in [2.45, 2.75) is 57.5 Å². The fourth-order valence-corrected chi connectivity index (χ4v) is 5.53. The Kier molecular flexibility index (Phi) is 7.93. The number of aromatic nitrogens is 2. The van der Waals surface area contributed by atoms with Crippen molar-refractivity contribution in [3.63, 3.8) is 0 Å². The number of para-hydroxylation sites is 1. The number of amides is 1. The van der Waals surface area contributed by atoms with E-state index in [1.165, 1.54) is 0 Å². The molecule has 1 aromatic carbocycles. The van der Waals surface area contributed by atoms with Crippen LogP contribution in [0, 0.1) is 5.41 Å². The molecule has 1 amide bonds. The maximum Gasteiger partial charge on any atom is 0.313 e. The third-order valence-corrected chi connectivity index (χ3v) is 8.00. The number of nitrogens with zero attached hydrogens (tertiary/aromatic N) is 3. The van der Waals surface area contributed by atoms with Gasteiger partial charge < -0.3 is 24.1 Å². The number of pyridine rings is 1. The van der Waals surface area contributed by atoms with Gasteiger partial charge >= 0.3 is 5.97 Å². The van der Waals surface area contributed by atoms with E-state index in [9.17, 15) is 9.59 Å². The Hall–Kier alpha value is -3.46. The molecule has 6 rings (SSSR count). The van der Waals surface area contributed by atoms with Crippen LogP contribution in [0.25, 0.3) is 22.2 Å². The number of rotatable bonds is 11. The molecule has 3 aliphatic rings. The van der Waals surface area contributed by atoms with E-state index >= 15 is 0 Å². The van der Waals surface area contributed by atoms with Gasteiger partial charge in [0.2, 0.25) is 17.7 Å². The SMILES string of the molecule is CNC(=O)CCCCCC(OC(=O)C12CCN(CC1)CC2)c1ncc(-c2cc3ccccc3nc2OC)o1. The lowest BCUT2D eigenvalue weighted by Gasteiger charge is -2.46. The van der Waals surface area contributed by atoms with E-state index in [1.807, 2.05) is 30.3 Å². The highest BCUT2D eigenvalue weighted by Gasteiger charge is 2.47. The predicted molar refractivity (Wildman–Crippen MR) is 143 cm³/mol. The average molecular weight is 521 g/mol. The molecule has 9 nitrogen and oxygen atoms in total. The molecule has 1 N–H and O–H groups in total. The van der Waals surface area contributed by atoms with Crippen LogP contribution in [0.3, 0.4) is 0 Å². The molecule has 1 unspecified atom stereocenters. The first-order chi connectivity index (χ1) is 18.5. The number of methoxy groups -OCH3 is 1. The van der Waals surface area contributed by atoms with Gasteiger partial charge in [0.25, 0.3) is 0 Å². The number of nitrogens with one attached hydrogen (secondary N) is 1. The Morgan fingerprint density at radius 2 is 1.89 bits per heavy atom. The van der Waals surface area contributed by atoms with Gasteiger partial charge in [-0.1, -0.05) is 24.6 Å². The molecule has 38 heavy (non-hydrogen) atoms. The van der Waals surface area contributed by atoms with Crippen molar-refractivity contribution >= 4 is 22.8 Å². The summed E-state index contributed by atoms with van der Waals surface area (Å²) in [6, 6.07) is 9.79. The van der Waals surface area contributed by atoms with Gasteiger partial charge in [-0.2, -0.15) is 0 Å². The summed E-state index contributed by atoms with van der Waals surface area (Å²) in [5.41, 5.74) is 1.11. The summed E-state index contributed by atoms with van der Waals surface area (Å²) in [6.07, 6.45) is 7.03. The Bertz CT molecular complexity index is 1270. The molecule has 3 saturated heterocycles. The van der Waals surface area contributed by atoms with Crippen molar-refractivity contribution in [3.05, 3.63) is 42.4 Å². The number of hydrogen-bond acceptors (Lipinski definition) is 8. The number of piperidine rings is 3. The average Bonchev–Trinajstić information content (AvgIpc) is 3.46. The molecule has 202 valence electrons. The predicted octanol–water partition coefficient (Wildman–Crippen LogP) is 4.67. The third kappa shape index (κ3) is 5.53. The van der Waals surface area contributed by atoms with Crippen LogP contribution in [0.15, 0.2) is 40.9 Å². The van der Waals surface area contributed by atoms with Crippen molar-refractivity contribution in [2.24, 2.45) is 5.41 Å². The molecule has 5 heterocycles. The van der Waals surface area contributed by atoms with Gasteiger partial charge in [-0.05, 0) is 70.3 Å². The lowest BCUT2D eigenvalue weighted by Crippen LogP contribution is -2.52. The van der Waals surface area contributed by atoms with E-state index in [2.05, 4.69) is 20.2 Å². The minimum atomic E-state index is -0.593. The molecule has 2 bridgehead atoms. The quantitative estimate of drug-likeness (QED) is 0.287. The zero-order valence-electron chi connectivity index (χ0n) is 22.2. The fourth-order valence-electron chi connectivity index (χ4n) is 5.53. The summed E-state index contributed by atoms with van der Waals surface area (Å²) in [5.74, 6) is 1.23. The molecular formula is C29H36N4O5. The Balaban J connectivity index is 1.36. The molecule has 0 saturated carbocycles. The van der Waals surface area contributed by atoms with E-state index in [4.69, 9.17) is 13.9 Å². The van der Waals surface area contributed by atoms with Crippen LogP contribution < -0.4 is 10.1 Å². The molecule has 3 fully saturated rings. The van der Waals surface area contributed by atoms with E-state index in [0.29, 0.717) is 35.9 Å². The molecule has 0 radical (unpaired) electrons. The van der Waals surface area contributed by atoms with Crippen molar-refractivity contribution in [2.75, 3.05) is 33.8 Å². The maximum absolute atomic E-state index is 13.5. The topological polar surface area (TPSA) is 107 Å². The second-order valence-electron chi connectivity index (χ2n) is 10.3. The zero-order chi connectivity index (χ0) is 26.5. The molecule has 0 aliphatic carbocycles. The Morgan fingerprint density at radius 3 is 2.63 bits per heavy atom. The van der Waals surface area contributed by atoms with Crippen LogP contribution in [0.4, 0.5) is 0 Å². The number of fused-ring (bicyclic) bond motifs is 4. The van der Waals surface area contributed by atoms with Crippen LogP contribution >= 0.6 is 0 Å². The number of hydrogen-bond donors (Lipinski definition) is 1. The van der Waals surface area contributed by atoms with Gasteiger partial charge in [0.15, 0.2) is 11.9 Å². The lowest BCUT2D eigenvalue weighted by molar-refractivity contribution is -0.171. The van der Waals surface area contributed by atoms with E-state index in [-0.39, 0.29) is 11.9 Å². The van der Waals surface area contributed by atoms with Crippen LogP contribution in [-0.2, 0) is 14.3 Å². The summed E-state index contributed by atoms with van der Waals surface area (Å²) in [6.45, 7) is 2.82. The van der Waals surface area contributed by atoms with Crippen LogP contribution in [0.1, 0.15) is 63.4 Å². The first-order valence-corrected chi connectivity index (χ1v) is 13.6. The molecule has 3 aliphatic heterocycles. The van der Waals surface area contributed by atoms with E-state index in [0.717, 1.165) is 69.1 Å². The minimum Gasteiger partial charge on any atom is -0.480 e. The fraction of sp³-hybridized carbons (Fsp3) is 0.517. The van der Waals surface area contributed by atoms with Crippen molar-refractivity contribution in [1.29, 1.82) is 0 Å². The molecule has 3 aromatic rings. The monoisotopic (exact) mass is 520 g/mol. The molecule has 1 atom stereocenters. The largest absolute Gasteiger partial charge is 0.480 e. The number of carbonyl (C=O) groups excluding carboxylic acids is 2. The lowest BCUT2D eigenvalue weighted by atomic mass is 9.72. The number of oxazole rings is 1. The van der Waals surface area contributed by atoms with Gasteiger partial charge in [0.1, 0.15) is 0 Å². The van der Waals surface area contributed by atoms with Gasteiger partial charge in [-0.15, -0.1) is 0 Å². The van der Waals surface area contributed by atoms with Crippen molar-refractivity contribution in [1.82, 2.24) is 20.2 Å². The maximum atomic E-state index is 13.5. The van der Waals surface area contributed by atoms with Crippen molar-refractivity contribution in [3.8, 4) is 17.2 Å². The highest BCUT2D eigenvalue weighted by molar-refractivity contribution is 5.85. The van der Waals surface area contributed by atoms with Gasteiger partial charge in [-0.25, -0.2) is 9.97 Å². The van der Waals surface area contributed by atoms with Gasteiger partial charge in [0, 0.05) is 18.9 Å². The normalized spacial score (nSPS) is 21.3. The van der Waals surface area contributed by atoms with E-state index < -0.39 is 11.5 Å². The first-order valence-electron chi connectivity index (χ1n) is 13.6. The van der Waals surface area contributed by atoms with Gasteiger partial charge in [-0.3, -0.25) is 9.59 Å². The van der Waals surface area contributed by atoms with Gasteiger partial charge in [0.05, 0.1) is 29.8 Å². The number of carbonyl (C=O) groups is 2. The summed E-state index contributed by atoms with van der Waals surface area (Å²) in [5, 5.41) is 3.62. The summed E-state index contributed by atoms with van der Waals surface area (Å²) in [7, 11) is 3.23. The Morgan fingerprint density at radius 1 is 1.13 bits per heavy atom. The number of benzene rings is 1. The number of esters is 1. The second kappa shape index (κ2) is 11.5. The Labute approximate surface area is 222 Å². The zero-order valence-corrected chi connectivity index (χ0v) is 22.2. The highest BCUT2D eigenvalue weighted by atomic mass is 16.6. The molecule has 0 spiro atoms. The van der Waals surface area contributed by atoms with Crippen LogP contribution in [0.5, 0.6) is 5.88 Å². The molecular weight excluding hydrogens is 484 g/mol. The van der Waals surface area contributed by atoms with Crippen LogP contribution in [0.2, 0.25) is 0 Å². The number of unbranched alkanes of at least 4 members (excludes halogenated alkanes) is 2. The van der Waals surface area contributed by atoms with Crippen LogP contribution in [-0.4, -0.2) is 60.5 Å². The standard InChI is InChI=1S/C29H36N4O5/c1-30-25(34)11-5-3-4-10-23(38-28(35)29-12-15-33(16-13-29)17-14-29)27-31-19-24(37-27)21-18-20-8-6-7-9-22(20)32-26(21)36-2/h6-9,18-19,23H,3-5,10-17H2,1-2H3,(H,30,34). The minimum absolute atomic E-state index is 0.0333. The summed E-state index contributed by atoms with van der Waals surface area (Å²) in [4.78, 5) is 36.6. The molecule has 2 aromatic heterocycles.